The van der Waals surface area contributed by atoms with Crippen LogP contribution in [0.3, 0.4) is 0 Å². The number of methoxy groups -OCH3 is 1. The van der Waals surface area contributed by atoms with Crippen LogP contribution >= 0.6 is 0 Å². The first kappa shape index (κ1) is 15.2. The molecule has 112 valence electrons. The van der Waals surface area contributed by atoms with E-state index < -0.39 is 23.8 Å². The molecule has 0 saturated heterocycles. The number of carbonyl (C=O) groups excluding carboxylic acids is 1. The molecule has 1 aliphatic heterocycles. The Labute approximate surface area is 119 Å². The van der Waals surface area contributed by atoms with Gasteiger partial charge in [-0.25, -0.2) is 4.79 Å². The first-order chi connectivity index (χ1) is 9.75. The van der Waals surface area contributed by atoms with E-state index in [1.807, 2.05) is 0 Å². The van der Waals surface area contributed by atoms with Crippen LogP contribution in [0.4, 0.5) is 13.2 Å². The zero-order chi connectivity index (χ0) is 15.8. The summed E-state index contributed by atoms with van der Waals surface area (Å²) >= 11 is 0. The van der Waals surface area contributed by atoms with E-state index in [2.05, 4.69) is 11.3 Å². The van der Waals surface area contributed by atoms with E-state index in [4.69, 9.17) is 4.74 Å². The predicted octanol–water partition coefficient (Wildman–Crippen LogP) is 3.60. The molecule has 0 aromatic heterocycles. The summed E-state index contributed by atoms with van der Waals surface area (Å²) in [7, 11) is 1.02. The summed E-state index contributed by atoms with van der Waals surface area (Å²) < 4.78 is 48.8. The number of hydrogen-bond donors (Lipinski definition) is 0. The molecular formula is C15H13F3O3. The number of fused-ring (bicyclic) bond motifs is 1. The summed E-state index contributed by atoms with van der Waals surface area (Å²) in [4.78, 5) is 11.6. The van der Waals surface area contributed by atoms with Crippen molar-refractivity contribution < 1.29 is 27.4 Å². The number of carbonyl (C=O) groups is 1. The van der Waals surface area contributed by atoms with Gasteiger partial charge < -0.3 is 9.47 Å². The Hall–Kier alpha value is -2.24. The number of hydrogen-bond acceptors (Lipinski definition) is 3. The molecule has 1 atom stereocenters. The number of alkyl halides is 3. The minimum atomic E-state index is -4.72. The van der Waals surface area contributed by atoms with Crippen LogP contribution in [0.2, 0.25) is 0 Å². The van der Waals surface area contributed by atoms with Gasteiger partial charge in [0.1, 0.15) is 5.75 Å². The molecule has 1 aromatic carbocycles. The number of benzene rings is 1. The van der Waals surface area contributed by atoms with Gasteiger partial charge >= 0.3 is 12.1 Å². The van der Waals surface area contributed by atoms with Crippen LogP contribution in [-0.4, -0.2) is 25.4 Å². The maximum absolute atomic E-state index is 13.1. The van der Waals surface area contributed by atoms with Crippen molar-refractivity contribution in [2.75, 3.05) is 7.11 Å². The molecule has 1 aliphatic rings. The van der Waals surface area contributed by atoms with E-state index in [0.29, 0.717) is 16.7 Å². The summed E-state index contributed by atoms with van der Waals surface area (Å²) in [5.74, 6) is -0.997. The first-order valence-corrected chi connectivity index (χ1v) is 6.08. The van der Waals surface area contributed by atoms with Crippen molar-refractivity contribution in [2.24, 2.45) is 0 Å². The Morgan fingerprint density at radius 1 is 1.38 bits per heavy atom. The molecule has 0 fully saturated rings. The van der Waals surface area contributed by atoms with Crippen LogP contribution < -0.4 is 4.74 Å². The van der Waals surface area contributed by atoms with Gasteiger partial charge in [-0.2, -0.15) is 13.2 Å². The summed E-state index contributed by atoms with van der Waals surface area (Å²) in [6.07, 6.45) is -5.92. The third-order valence-corrected chi connectivity index (χ3v) is 3.05. The number of esters is 1. The number of para-hydroxylation sites is 1. The van der Waals surface area contributed by atoms with Crippen molar-refractivity contribution in [1.29, 1.82) is 0 Å². The average molecular weight is 298 g/mol. The van der Waals surface area contributed by atoms with Gasteiger partial charge in [-0.05, 0) is 18.6 Å². The van der Waals surface area contributed by atoms with Gasteiger partial charge in [0.25, 0.3) is 0 Å². The SMILES string of the molecule is C=C(C)c1cccc2c1OC(C(F)(F)F)C(C(=O)OC)=C2. The summed E-state index contributed by atoms with van der Waals surface area (Å²) in [6, 6.07) is 4.84. The molecule has 0 saturated carbocycles. The Balaban J connectivity index is 2.62. The lowest BCUT2D eigenvalue weighted by atomic mass is 9.97. The van der Waals surface area contributed by atoms with Crippen LogP contribution in [0, 0.1) is 0 Å². The second-order valence-electron chi connectivity index (χ2n) is 4.64. The largest absolute Gasteiger partial charge is 0.475 e. The highest BCUT2D eigenvalue weighted by Crippen LogP contribution is 2.40. The molecule has 1 heterocycles. The lowest BCUT2D eigenvalue weighted by Crippen LogP contribution is -2.40. The molecule has 3 nitrogen and oxygen atoms in total. The number of ether oxygens (including phenoxy) is 2. The van der Waals surface area contributed by atoms with Crippen molar-refractivity contribution >= 4 is 17.6 Å². The minimum Gasteiger partial charge on any atom is -0.475 e. The third-order valence-electron chi connectivity index (χ3n) is 3.05. The van der Waals surface area contributed by atoms with E-state index in [9.17, 15) is 18.0 Å². The van der Waals surface area contributed by atoms with Crippen molar-refractivity contribution in [3.63, 3.8) is 0 Å². The number of rotatable bonds is 2. The van der Waals surface area contributed by atoms with Gasteiger partial charge in [-0.3, -0.25) is 0 Å². The molecule has 0 aliphatic carbocycles. The summed E-state index contributed by atoms with van der Waals surface area (Å²) in [5, 5.41) is 0. The molecule has 1 aromatic rings. The standard InChI is InChI=1S/C15H13F3O3/c1-8(2)10-6-4-5-9-7-11(14(19)20-3)13(15(16,17)18)21-12(9)10/h4-7,13H,1H2,2-3H3. The van der Waals surface area contributed by atoms with E-state index >= 15 is 0 Å². The Morgan fingerprint density at radius 2 is 2.05 bits per heavy atom. The van der Waals surface area contributed by atoms with Gasteiger partial charge in [0, 0.05) is 11.1 Å². The Morgan fingerprint density at radius 3 is 2.57 bits per heavy atom. The molecule has 0 radical (unpaired) electrons. The van der Waals surface area contributed by atoms with Crippen LogP contribution in [0.25, 0.3) is 11.6 Å². The van der Waals surface area contributed by atoms with E-state index in [0.717, 1.165) is 13.2 Å². The van der Waals surface area contributed by atoms with E-state index in [-0.39, 0.29) is 5.75 Å². The molecule has 2 rings (SSSR count). The molecule has 6 heteroatoms. The van der Waals surface area contributed by atoms with Crippen LogP contribution in [-0.2, 0) is 9.53 Å². The van der Waals surface area contributed by atoms with Crippen LogP contribution in [0.1, 0.15) is 18.1 Å². The molecule has 0 N–H and O–H groups in total. The number of allylic oxidation sites excluding steroid dienone is 1. The van der Waals surface area contributed by atoms with Gasteiger partial charge in [0.05, 0.1) is 12.7 Å². The van der Waals surface area contributed by atoms with Gasteiger partial charge in [0.15, 0.2) is 0 Å². The zero-order valence-electron chi connectivity index (χ0n) is 11.5. The third kappa shape index (κ3) is 2.79. The highest BCUT2D eigenvalue weighted by Gasteiger charge is 2.49. The predicted molar refractivity (Wildman–Crippen MR) is 71.6 cm³/mol. The molecular weight excluding hydrogens is 285 g/mol. The number of halogens is 3. The fourth-order valence-corrected chi connectivity index (χ4v) is 2.09. The summed E-state index contributed by atoms with van der Waals surface area (Å²) in [6.45, 7) is 5.39. The fourth-order valence-electron chi connectivity index (χ4n) is 2.09. The second-order valence-corrected chi connectivity index (χ2v) is 4.64. The van der Waals surface area contributed by atoms with Crippen LogP contribution in [0.15, 0.2) is 30.4 Å². The molecule has 21 heavy (non-hydrogen) atoms. The van der Waals surface area contributed by atoms with Gasteiger partial charge in [-0.15, -0.1) is 0 Å². The highest BCUT2D eigenvalue weighted by molar-refractivity contribution is 5.96. The first-order valence-electron chi connectivity index (χ1n) is 6.08. The highest BCUT2D eigenvalue weighted by atomic mass is 19.4. The van der Waals surface area contributed by atoms with E-state index in [1.54, 1.807) is 25.1 Å². The normalized spacial score (nSPS) is 17.4. The molecule has 1 unspecified atom stereocenters. The Bertz CT molecular complexity index is 630. The molecule has 0 spiro atoms. The second kappa shape index (κ2) is 5.27. The van der Waals surface area contributed by atoms with Crippen molar-refractivity contribution in [2.45, 2.75) is 19.2 Å². The monoisotopic (exact) mass is 298 g/mol. The maximum Gasteiger partial charge on any atom is 0.430 e. The van der Waals surface area contributed by atoms with Gasteiger partial charge in [-0.1, -0.05) is 24.8 Å². The van der Waals surface area contributed by atoms with Crippen LogP contribution in [0.5, 0.6) is 5.75 Å². The van der Waals surface area contributed by atoms with Crippen molar-refractivity contribution in [3.05, 3.63) is 41.5 Å². The lowest BCUT2D eigenvalue weighted by molar-refractivity contribution is -0.187. The maximum atomic E-state index is 13.1. The molecule has 0 bridgehead atoms. The zero-order valence-corrected chi connectivity index (χ0v) is 11.5. The quantitative estimate of drug-likeness (QED) is 0.783. The summed E-state index contributed by atoms with van der Waals surface area (Å²) in [5.41, 5.74) is 0.859. The topological polar surface area (TPSA) is 35.5 Å². The smallest absolute Gasteiger partial charge is 0.430 e. The molecule has 0 amide bonds. The average Bonchev–Trinajstić information content (AvgIpc) is 2.43. The van der Waals surface area contributed by atoms with Crippen molar-refractivity contribution in [3.8, 4) is 5.75 Å². The lowest BCUT2D eigenvalue weighted by Gasteiger charge is -2.29. The van der Waals surface area contributed by atoms with Gasteiger partial charge in [0.2, 0.25) is 6.10 Å². The Kier molecular flexibility index (Phi) is 3.80. The van der Waals surface area contributed by atoms with Crippen molar-refractivity contribution in [1.82, 2.24) is 0 Å². The fraction of sp³-hybridized carbons (Fsp3) is 0.267. The van der Waals surface area contributed by atoms with E-state index in [1.165, 1.54) is 0 Å². The minimum absolute atomic E-state index is 0.0694.